The third-order valence-corrected chi connectivity index (χ3v) is 3.24. The SMILES string of the molecule is C[C@H](N)C(=O)N[C@H]1CC(c2ccccc2)=CCNC1=O. The van der Waals surface area contributed by atoms with Crippen molar-refractivity contribution in [2.45, 2.75) is 25.4 Å². The quantitative estimate of drug-likeness (QED) is 0.746. The monoisotopic (exact) mass is 273 g/mol. The summed E-state index contributed by atoms with van der Waals surface area (Å²) in [5, 5.41) is 5.46. The fourth-order valence-corrected chi connectivity index (χ4v) is 2.10. The average Bonchev–Trinajstić information content (AvgIpc) is 2.62. The summed E-state index contributed by atoms with van der Waals surface area (Å²) in [5.74, 6) is -0.499. The number of hydrogen-bond acceptors (Lipinski definition) is 3. The normalized spacial score (nSPS) is 20.4. The maximum absolute atomic E-state index is 11.9. The molecule has 20 heavy (non-hydrogen) atoms. The van der Waals surface area contributed by atoms with Gasteiger partial charge in [0.2, 0.25) is 11.8 Å². The van der Waals surface area contributed by atoms with E-state index in [9.17, 15) is 9.59 Å². The number of nitrogens with one attached hydrogen (secondary N) is 2. The lowest BCUT2D eigenvalue weighted by atomic mass is 9.98. The van der Waals surface area contributed by atoms with Crippen LogP contribution in [0.5, 0.6) is 0 Å². The average molecular weight is 273 g/mol. The van der Waals surface area contributed by atoms with Gasteiger partial charge in [-0.1, -0.05) is 36.4 Å². The lowest BCUT2D eigenvalue weighted by molar-refractivity contribution is -0.129. The molecule has 0 aromatic heterocycles. The van der Waals surface area contributed by atoms with Gasteiger partial charge >= 0.3 is 0 Å². The molecule has 1 heterocycles. The maximum atomic E-state index is 11.9. The van der Waals surface area contributed by atoms with E-state index >= 15 is 0 Å². The molecule has 0 radical (unpaired) electrons. The molecular weight excluding hydrogens is 254 g/mol. The van der Waals surface area contributed by atoms with Crippen molar-refractivity contribution in [2.75, 3.05) is 6.54 Å². The Labute approximate surface area is 118 Å². The third kappa shape index (κ3) is 3.45. The molecule has 2 atom stereocenters. The molecule has 0 bridgehead atoms. The summed E-state index contributed by atoms with van der Waals surface area (Å²) in [5.41, 5.74) is 7.62. The minimum absolute atomic E-state index is 0.179. The van der Waals surface area contributed by atoms with Gasteiger partial charge in [0, 0.05) is 13.0 Å². The second-order valence-corrected chi connectivity index (χ2v) is 4.89. The first kappa shape index (κ1) is 14.3. The second kappa shape index (κ2) is 6.34. The molecular formula is C15H19N3O2. The van der Waals surface area contributed by atoms with E-state index in [1.807, 2.05) is 36.4 Å². The van der Waals surface area contributed by atoms with Gasteiger partial charge < -0.3 is 16.4 Å². The van der Waals surface area contributed by atoms with Crippen LogP contribution in [0, 0.1) is 0 Å². The first-order chi connectivity index (χ1) is 9.58. The van der Waals surface area contributed by atoms with Gasteiger partial charge in [0.1, 0.15) is 6.04 Å². The Balaban J connectivity index is 2.15. The molecule has 1 aromatic carbocycles. The van der Waals surface area contributed by atoms with Crippen LogP contribution in [0.15, 0.2) is 36.4 Å². The Morgan fingerprint density at radius 3 is 2.75 bits per heavy atom. The minimum Gasteiger partial charge on any atom is -0.351 e. The number of amides is 2. The van der Waals surface area contributed by atoms with Crippen LogP contribution in [-0.2, 0) is 9.59 Å². The van der Waals surface area contributed by atoms with E-state index in [-0.39, 0.29) is 11.8 Å². The summed E-state index contributed by atoms with van der Waals surface area (Å²) >= 11 is 0. The predicted octanol–water partition coefficient (Wildman–Crippen LogP) is 0.422. The zero-order valence-corrected chi connectivity index (χ0v) is 11.4. The number of hydrogen-bond donors (Lipinski definition) is 3. The Morgan fingerprint density at radius 2 is 2.10 bits per heavy atom. The molecule has 106 valence electrons. The molecule has 0 fully saturated rings. The molecule has 1 aliphatic rings. The van der Waals surface area contributed by atoms with Crippen LogP contribution in [0.3, 0.4) is 0 Å². The summed E-state index contributed by atoms with van der Waals surface area (Å²) in [6, 6.07) is 8.62. The predicted molar refractivity (Wildman–Crippen MR) is 77.6 cm³/mol. The van der Waals surface area contributed by atoms with Crippen molar-refractivity contribution in [2.24, 2.45) is 5.73 Å². The molecule has 1 aromatic rings. The summed E-state index contributed by atoms with van der Waals surface area (Å²) < 4.78 is 0. The van der Waals surface area contributed by atoms with Gasteiger partial charge in [0.15, 0.2) is 0 Å². The number of carbonyl (C=O) groups excluding carboxylic acids is 2. The molecule has 2 amide bonds. The van der Waals surface area contributed by atoms with Gasteiger partial charge in [-0.3, -0.25) is 9.59 Å². The molecule has 0 saturated carbocycles. The summed E-state index contributed by atoms with van der Waals surface area (Å²) in [6.45, 7) is 2.06. The van der Waals surface area contributed by atoms with Crippen molar-refractivity contribution >= 4 is 17.4 Å². The Bertz CT molecular complexity index is 523. The topological polar surface area (TPSA) is 84.2 Å². The third-order valence-electron chi connectivity index (χ3n) is 3.24. The van der Waals surface area contributed by atoms with E-state index in [4.69, 9.17) is 5.73 Å². The Kier molecular flexibility index (Phi) is 4.53. The highest BCUT2D eigenvalue weighted by Gasteiger charge is 2.25. The van der Waals surface area contributed by atoms with Crippen molar-refractivity contribution in [1.82, 2.24) is 10.6 Å². The molecule has 0 spiro atoms. The minimum atomic E-state index is -0.629. The van der Waals surface area contributed by atoms with Crippen LogP contribution < -0.4 is 16.4 Å². The van der Waals surface area contributed by atoms with Gasteiger partial charge in [0.25, 0.3) is 0 Å². The van der Waals surface area contributed by atoms with E-state index in [0.717, 1.165) is 11.1 Å². The first-order valence-corrected chi connectivity index (χ1v) is 6.66. The number of nitrogens with two attached hydrogens (primary N) is 1. The molecule has 0 aliphatic carbocycles. The fourth-order valence-electron chi connectivity index (χ4n) is 2.10. The van der Waals surface area contributed by atoms with Crippen molar-refractivity contribution in [3.05, 3.63) is 42.0 Å². The molecule has 0 saturated heterocycles. The van der Waals surface area contributed by atoms with E-state index < -0.39 is 12.1 Å². The van der Waals surface area contributed by atoms with E-state index in [1.165, 1.54) is 0 Å². The fraction of sp³-hybridized carbons (Fsp3) is 0.333. The van der Waals surface area contributed by atoms with E-state index in [2.05, 4.69) is 10.6 Å². The van der Waals surface area contributed by atoms with Gasteiger partial charge in [-0.2, -0.15) is 0 Å². The number of carbonyl (C=O) groups is 2. The zero-order chi connectivity index (χ0) is 14.5. The maximum Gasteiger partial charge on any atom is 0.243 e. The Morgan fingerprint density at radius 1 is 1.40 bits per heavy atom. The van der Waals surface area contributed by atoms with Crippen LogP contribution in [0.25, 0.3) is 5.57 Å². The van der Waals surface area contributed by atoms with Crippen molar-refractivity contribution in [3.63, 3.8) is 0 Å². The van der Waals surface area contributed by atoms with Crippen LogP contribution in [-0.4, -0.2) is 30.4 Å². The molecule has 1 aliphatic heterocycles. The summed E-state index contributed by atoms with van der Waals surface area (Å²) in [6.07, 6.45) is 2.44. The number of rotatable bonds is 3. The van der Waals surface area contributed by atoms with Crippen LogP contribution in [0.2, 0.25) is 0 Å². The van der Waals surface area contributed by atoms with Crippen LogP contribution in [0.4, 0.5) is 0 Å². The Hall–Kier alpha value is -2.14. The van der Waals surface area contributed by atoms with Crippen molar-refractivity contribution in [1.29, 1.82) is 0 Å². The highest BCUT2D eigenvalue weighted by molar-refractivity contribution is 5.91. The van der Waals surface area contributed by atoms with Gasteiger partial charge in [-0.05, 0) is 18.1 Å². The lowest BCUT2D eigenvalue weighted by Gasteiger charge is -2.18. The van der Waals surface area contributed by atoms with Crippen molar-refractivity contribution in [3.8, 4) is 0 Å². The van der Waals surface area contributed by atoms with E-state index in [0.29, 0.717) is 13.0 Å². The molecule has 4 N–H and O–H groups in total. The summed E-state index contributed by atoms with van der Waals surface area (Å²) in [4.78, 5) is 23.6. The largest absolute Gasteiger partial charge is 0.351 e. The van der Waals surface area contributed by atoms with E-state index in [1.54, 1.807) is 6.92 Å². The molecule has 2 rings (SSSR count). The second-order valence-electron chi connectivity index (χ2n) is 4.89. The zero-order valence-electron chi connectivity index (χ0n) is 11.4. The van der Waals surface area contributed by atoms with Crippen LogP contribution in [0.1, 0.15) is 18.9 Å². The molecule has 5 nitrogen and oxygen atoms in total. The standard InChI is InChI=1S/C15H19N3O2/c1-10(16)14(19)18-13-9-12(7-8-17-15(13)20)11-5-3-2-4-6-11/h2-7,10,13H,8-9,16H2,1H3,(H,17,20)(H,18,19)/t10-,13-/m0/s1. The highest BCUT2D eigenvalue weighted by Crippen LogP contribution is 2.21. The molecule has 5 heteroatoms. The van der Waals surface area contributed by atoms with Gasteiger partial charge in [-0.25, -0.2) is 0 Å². The highest BCUT2D eigenvalue weighted by atomic mass is 16.2. The number of benzene rings is 1. The lowest BCUT2D eigenvalue weighted by Crippen LogP contribution is -2.50. The summed E-state index contributed by atoms with van der Waals surface area (Å²) in [7, 11) is 0. The van der Waals surface area contributed by atoms with Crippen LogP contribution >= 0.6 is 0 Å². The van der Waals surface area contributed by atoms with Gasteiger partial charge in [-0.15, -0.1) is 0 Å². The smallest absolute Gasteiger partial charge is 0.243 e. The first-order valence-electron chi connectivity index (χ1n) is 6.66. The van der Waals surface area contributed by atoms with Crippen molar-refractivity contribution < 1.29 is 9.59 Å². The molecule has 0 unspecified atom stereocenters. The van der Waals surface area contributed by atoms with Gasteiger partial charge in [0.05, 0.1) is 6.04 Å².